The van der Waals surface area contributed by atoms with Crippen molar-refractivity contribution in [2.24, 2.45) is 6.98 Å². The number of ether oxygens (including phenoxy) is 1. The molecule has 3 aromatic heterocycles. The molecule has 73 heavy (non-hydrogen) atoms. The summed E-state index contributed by atoms with van der Waals surface area (Å²) in [6.45, 7) is 3.43. The van der Waals surface area contributed by atoms with Crippen LogP contribution in [0.2, 0.25) is 0 Å². The molecule has 13 rings (SSSR count). The molecule has 0 saturated heterocycles. The Labute approximate surface area is 447 Å². The van der Waals surface area contributed by atoms with Gasteiger partial charge in [0, 0.05) is 55.6 Å². The fourth-order valence-electron chi connectivity index (χ4n) is 11.5. The number of benzene rings is 8. The molecule has 6 nitrogen and oxygen atoms in total. The van der Waals surface area contributed by atoms with Crippen molar-refractivity contribution in [3.8, 4) is 45.3 Å². The number of hydrogen-bond donors (Lipinski definition) is 0. The van der Waals surface area contributed by atoms with Crippen LogP contribution in [0.15, 0.2) is 213 Å². The maximum absolute atomic E-state index is 9.35. The summed E-state index contributed by atoms with van der Waals surface area (Å²) in [7, 11) is -1.25. The minimum Gasteiger partial charge on any atom is -0.510 e. The summed E-state index contributed by atoms with van der Waals surface area (Å²) in [6, 6.07) is 76.9. The zero-order valence-corrected chi connectivity index (χ0v) is 44.0. The van der Waals surface area contributed by atoms with Crippen molar-refractivity contribution in [2.75, 3.05) is 7.05 Å². The normalized spacial score (nSPS) is 14.4. The monoisotopic (exact) mass is 1140 g/mol. The van der Waals surface area contributed by atoms with Crippen LogP contribution in [0.5, 0.6) is 11.5 Å². The summed E-state index contributed by atoms with van der Waals surface area (Å²) in [6.07, 6.45) is 7.67. The van der Waals surface area contributed by atoms with E-state index in [1.54, 1.807) is 0 Å². The Kier molecular flexibility index (Phi) is 10.6. The van der Waals surface area contributed by atoms with Crippen molar-refractivity contribution >= 4 is 68.5 Å². The first-order valence-corrected chi connectivity index (χ1v) is 26.5. The van der Waals surface area contributed by atoms with E-state index in [2.05, 4.69) is 238 Å². The van der Waals surface area contributed by atoms with Gasteiger partial charge in [0.2, 0.25) is 6.33 Å². The van der Waals surface area contributed by atoms with E-state index in [0.717, 1.165) is 81.8 Å². The Morgan fingerprint density at radius 1 is 0.658 bits per heavy atom. The molecule has 0 spiro atoms. The molecule has 11 aromatic rings. The molecule has 0 aliphatic carbocycles. The van der Waals surface area contributed by atoms with Crippen LogP contribution >= 0.6 is 0 Å². The smallest absolute Gasteiger partial charge is 0.307 e. The average molecular weight is 1140 g/mol. The Balaban J connectivity index is 0.00000582. The van der Waals surface area contributed by atoms with Crippen LogP contribution in [0.1, 0.15) is 36.1 Å². The minimum absolute atomic E-state index is 0. The van der Waals surface area contributed by atoms with Gasteiger partial charge in [-0.3, -0.25) is 0 Å². The van der Waals surface area contributed by atoms with Crippen LogP contribution in [0.4, 0.5) is 0 Å². The predicted octanol–water partition coefficient (Wildman–Crippen LogP) is 10.0. The molecule has 0 bridgehead atoms. The maximum atomic E-state index is 9.35. The molecule has 0 amide bonds. The second-order valence-electron chi connectivity index (χ2n) is 19.9. The van der Waals surface area contributed by atoms with Crippen LogP contribution in [0.25, 0.3) is 60.8 Å². The van der Waals surface area contributed by atoms with Gasteiger partial charge in [0.05, 0.1) is 11.1 Å². The summed E-state index contributed by atoms with van der Waals surface area (Å²) < 4.78 is 40.5. The van der Waals surface area contributed by atoms with Gasteiger partial charge in [-0.15, -0.1) is 34.8 Å². The molecule has 5 heterocycles. The topological polar surface area (TPSA) is 39.1 Å². The van der Waals surface area contributed by atoms with Gasteiger partial charge in [0.1, 0.15) is 13.9 Å². The average Bonchev–Trinajstić information content (AvgIpc) is 4.00. The summed E-state index contributed by atoms with van der Waals surface area (Å²) in [5, 5.41) is 6.52. The third-order valence-electron chi connectivity index (χ3n) is 14.7. The molecule has 2 aliphatic heterocycles. The first kappa shape index (κ1) is 42.9. The summed E-state index contributed by atoms with van der Waals surface area (Å²) in [5.74, 6) is 1.76. The molecular formula is C64H50BN5OPtSi-2. The second-order valence-corrected chi connectivity index (χ2v) is 23.6. The second kappa shape index (κ2) is 18.1. The van der Waals surface area contributed by atoms with Crippen molar-refractivity contribution in [1.29, 1.82) is 0 Å². The first-order valence-electron chi connectivity index (χ1n) is 26.0. The van der Waals surface area contributed by atoms with Crippen molar-refractivity contribution in [1.82, 2.24) is 18.9 Å². The number of fused-ring (bicyclic) bond motifs is 5. The van der Waals surface area contributed by atoms with E-state index in [9.17, 15) is 4.11 Å². The van der Waals surface area contributed by atoms with Crippen LogP contribution in [-0.2, 0) is 33.5 Å². The number of aryl methyl sites for hydroxylation is 1. The van der Waals surface area contributed by atoms with E-state index in [-0.39, 0.29) is 26.5 Å². The van der Waals surface area contributed by atoms with Crippen molar-refractivity contribution in [2.45, 2.75) is 26.2 Å². The van der Waals surface area contributed by atoms with E-state index in [1.807, 2.05) is 35.0 Å². The van der Waals surface area contributed by atoms with E-state index >= 15 is 0 Å². The maximum Gasteiger partial charge on any atom is 0.307 e. The largest absolute Gasteiger partial charge is 0.510 e. The van der Waals surface area contributed by atoms with E-state index in [4.69, 9.17) is 9.72 Å². The molecule has 0 radical (unpaired) electrons. The molecule has 2 aliphatic rings. The molecule has 0 N–H and O–H groups in total. The Morgan fingerprint density at radius 3 is 1.90 bits per heavy atom. The van der Waals surface area contributed by atoms with Gasteiger partial charge in [-0.1, -0.05) is 200 Å². The van der Waals surface area contributed by atoms with Crippen LogP contribution in [0, 0.1) is 18.5 Å². The van der Waals surface area contributed by atoms with Gasteiger partial charge >= 0.3 is 6.85 Å². The van der Waals surface area contributed by atoms with Crippen molar-refractivity contribution < 1.29 is 34.5 Å². The molecular weight excluding hydrogens is 1090 g/mol. The number of aromatic nitrogens is 4. The Hall–Kier alpha value is -7.77. The molecule has 0 atom stereocenters. The Bertz CT molecular complexity index is 3950. The van der Waals surface area contributed by atoms with E-state index < -0.39 is 21.9 Å². The Morgan fingerprint density at radius 2 is 1.26 bits per heavy atom. The van der Waals surface area contributed by atoms with E-state index in [0.29, 0.717) is 22.8 Å². The number of hydrogen-bond acceptors (Lipinski definition) is 3. The number of rotatable bonds is 8. The SMILES string of the molecule is [2H]C([2H])([2H])[n+]1[c-]n2c3c1B(c1c(-c4ccccc4)cccc1-c1ccccc1)N(C)C=C3[Si](c1ccccc1)(c1ccccc1)c1ccc(Oc3[c-]c4c(cc3)c3ccccc3n4-c3cc(C(C)(C)C)ccn3)[c-]c1-2.[Pt]. The number of pyridine rings is 1. The summed E-state index contributed by atoms with van der Waals surface area (Å²) in [4.78, 5) is 7.14. The zero-order chi connectivity index (χ0) is 51.2. The van der Waals surface area contributed by atoms with Gasteiger partial charge in [-0.05, 0) is 80.7 Å². The zero-order valence-electron chi connectivity index (χ0n) is 43.7. The van der Waals surface area contributed by atoms with Crippen molar-refractivity contribution in [3.63, 3.8) is 0 Å². The molecule has 0 saturated carbocycles. The summed E-state index contributed by atoms with van der Waals surface area (Å²) in [5.41, 5.74) is 10.2. The van der Waals surface area contributed by atoms with Crippen LogP contribution < -0.4 is 35.9 Å². The number of imidazole rings is 1. The molecule has 9 heteroatoms. The molecule has 0 fully saturated rings. The minimum atomic E-state index is -3.35. The standard InChI is InChI=1S/C64H50BN5OSi.Pt/c1-64(2,3)46-37-38-66-60(39-46)70-55-32-19-18-29-53(55)54-35-33-47(40-56(54)70)71-48-34-36-58-57(41-48)69-43-67(4)63-62(69)59(72(58,49-25-14-8-15-26-49)50-27-16-9-17-28-50)42-68(5)65(63)61-51(44-21-10-6-11-22-44)30-20-31-52(61)45-23-12-7-13-24-45;/h6-39,42H,1-5H3;/q-2;/i4D3;. The third kappa shape index (κ3) is 7.41. The predicted molar refractivity (Wildman–Crippen MR) is 296 cm³/mol. The summed E-state index contributed by atoms with van der Waals surface area (Å²) >= 11 is 0. The van der Waals surface area contributed by atoms with Crippen molar-refractivity contribution in [3.05, 3.63) is 242 Å². The van der Waals surface area contributed by atoms with E-state index in [1.165, 1.54) is 10.1 Å². The fraction of sp³-hybridized carbons (Fsp3) is 0.0938. The number of para-hydroxylation sites is 1. The number of nitrogens with zero attached hydrogens (tertiary/aromatic N) is 5. The van der Waals surface area contributed by atoms with Gasteiger partial charge in [-0.2, -0.15) is 12.1 Å². The molecule has 0 unspecified atom stereocenters. The van der Waals surface area contributed by atoms with Gasteiger partial charge in [0.25, 0.3) is 0 Å². The van der Waals surface area contributed by atoms with Gasteiger partial charge in [0.15, 0.2) is 0 Å². The molecule has 356 valence electrons. The van der Waals surface area contributed by atoms with Crippen LogP contribution in [-0.4, -0.2) is 40.9 Å². The molecule has 8 aromatic carbocycles. The van der Waals surface area contributed by atoms with Crippen LogP contribution in [0.3, 0.4) is 0 Å². The quantitative estimate of drug-likeness (QED) is 0.0865. The fourth-order valence-corrected chi connectivity index (χ4v) is 16.6. The third-order valence-corrected chi connectivity index (χ3v) is 19.5. The first-order chi connectivity index (χ1) is 36.4. The van der Waals surface area contributed by atoms with Gasteiger partial charge < -0.3 is 23.2 Å². The van der Waals surface area contributed by atoms with Gasteiger partial charge in [-0.25, -0.2) is 4.98 Å².